The van der Waals surface area contributed by atoms with E-state index in [0.717, 1.165) is 39.7 Å². The Balaban J connectivity index is 1.86. The van der Waals surface area contributed by atoms with E-state index in [0.29, 0.717) is 5.92 Å². The van der Waals surface area contributed by atoms with Crippen LogP contribution in [0.1, 0.15) is 39.6 Å². The molecule has 2 unspecified atom stereocenters. The van der Waals surface area contributed by atoms with Gasteiger partial charge in [0.15, 0.2) is 5.82 Å². The second-order valence-corrected chi connectivity index (χ2v) is 9.60. The van der Waals surface area contributed by atoms with Gasteiger partial charge in [0.1, 0.15) is 16.4 Å². The van der Waals surface area contributed by atoms with Crippen LogP contribution in [0.2, 0.25) is 5.02 Å². The summed E-state index contributed by atoms with van der Waals surface area (Å²) in [5.41, 5.74) is 4.30. The van der Waals surface area contributed by atoms with Crippen LogP contribution in [-0.2, 0) is 5.54 Å². The molecular formula is C20H18BrClN4S. The standard InChI is InChI=1S/C20H18BrClN4S/c1-10-11(2)27-18-16(10)17(13-4-6-15(22)7-5-13)23-20(8-14(20)9-21)19-25-24-12(3)26(18)19/h4-7,14H,8-9H2,1-3H3. The summed E-state index contributed by atoms with van der Waals surface area (Å²) < 4.78 is 2.23. The lowest BCUT2D eigenvalue weighted by Crippen LogP contribution is -2.15. The van der Waals surface area contributed by atoms with Crippen molar-refractivity contribution >= 4 is 44.6 Å². The first-order chi connectivity index (χ1) is 13.0. The predicted molar refractivity (Wildman–Crippen MR) is 114 cm³/mol. The number of hydrogen-bond donors (Lipinski definition) is 0. The number of aromatic nitrogens is 3. The Labute approximate surface area is 175 Å². The molecule has 1 saturated carbocycles. The number of hydrogen-bond acceptors (Lipinski definition) is 4. The summed E-state index contributed by atoms with van der Waals surface area (Å²) in [6, 6.07) is 8.00. The molecule has 1 spiro atoms. The second kappa shape index (κ2) is 6.00. The molecule has 0 N–H and O–H groups in total. The van der Waals surface area contributed by atoms with Crippen molar-refractivity contribution in [3.05, 3.63) is 62.5 Å². The molecule has 0 bridgehead atoms. The molecule has 2 aliphatic rings. The van der Waals surface area contributed by atoms with Crippen LogP contribution in [0.25, 0.3) is 5.00 Å². The number of nitrogens with zero attached hydrogens (tertiary/aromatic N) is 4. The van der Waals surface area contributed by atoms with Gasteiger partial charge in [0.25, 0.3) is 0 Å². The summed E-state index contributed by atoms with van der Waals surface area (Å²) >= 11 is 11.6. The van der Waals surface area contributed by atoms with Crippen LogP contribution < -0.4 is 0 Å². The van der Waals surface area contributed by atoms with E-state index in [1.165, 1.54) is 21.0 Å². The van der Waals surface area contributed by atoms with Crippen LogP contribution in [0.15, 0.2) is 29.3 Å². The minimum absolute atomic E-state index is 0.307. The highest BCUT2D eigenvalue weighted by molar-refractivity contribution is 9.09. The Kier molecular flexibility index (Phi) is 3.91. The fourth-order valence-electron chi connectivity index (χ4n) is 3.96. The van der Waals surface area contributed by atoms with E-state index in [4.69, 9.17) is 16.6 Å². The van der Waals surface area contributed by atoms with Gasteiger partial charge in [-0.3, -0.25) is 9.56 Å². The summed E-state index contributed by atoms with van der Waals surface area (Å²) in [5, 5.41) is 11.8. The number of alkyl halides is 1. The number of rotatable bonds is 2. The fourth-order valence-corrected chi connectivity index (χ4v) is 6.06. The highest BCUT2D eigenvalue weighted by atomic mass is 79.9. The Morgan fingerprint density at radius 2 is 1.96 bits per heavy atom. The van der Waals surface area contributed by atoms with E-state index in [9.17, 15) is 0 Å². The van der Waals surface area contributed by atoms with Gasteiger partial charge >= 0.3 is 0 Å². The lowest BCUT2D eigenvalue weighted by molar-refractivity contribution is 0.612. The summed E-state index contributed by atoms with van der Waals surface area (Å²) in [7, 11) is 0. The predicted octanol–water partition coefficient (Wildman–Crippen LogP) is 5.37. The summed E-state index contributed by atoms with van der Waals surface area (Å²) in [5.74, 6) is 2.31. The molecule has 27 heavy (non-hydrogen) atoms. The molecule has 0 amide bonds. The lowest BCUT2D eigenvalue weighted by atomic mass is 9.99. The highest BCUT2D eigenvalue weighted by Crippen LogP contribution is 2.58. The third-order valence-electron chi connectivity index (χ3n) is 5.71. The molecule has 1 aliphatic heterocycles. The third-order valence-corrected chi connectivity index (χ3v) is 7.93. The SMILES string of the molecule is Cc1sc2c(c1C)C(c1ccc(Cl)cc1)=NC1(CC1CBr)c1nnc(C)n1-2. The number of aliphatic imine (C=N–C) groups is 1. The Morgan fingerprint density at radius 3 is 2.63 bits per heavy atom. The first-order valence-electron chi connectivity index (χ1n) is 8.91. The summed E-state index contributed by atoms with van der Waals surface area (Å²) in [4.78, 5) is 6.66. The average molecular weight is 462 g/mol. The van der Waals surface area contributed by atoms with E-state index >= 15 is 0 Å². The van der Waals surface area contributed by atoms with Gasteiger partial charge in [0.05, 0.1) is 5.71 Å². The van der Waals surface area contributed by atoms with Gasteiger partial charge in [-0.2, -0.15) is 0 Å². The normalized spacial score (nSPS) is 23.0. The van der Waals surface area contributed by atoms with E-state index in [1.807, 2.05) is 19.1 Å². The van der Waals surface area contributed by atoms with Crippen molar-refractivity contribution in [1.82, 2.24) is 14.8 Å². The van der Waals surface area contributed by atoms with Gasteiger partial charge < -0.3 is 0 Å². The minimum atomic E-state index is -0.307. The zero-order chi connectivity index (χ0) is 18.9. The molecular weight excluding hydrogens is 444 g/mol. The minimum Gasteiger partial charge on any atom is -0.271 e. The maximum atomic E-state index is 6.14. The van der Waals surface area contributed by atoms with Gasteiger partial charge in [-0.15, -0.1) is 21.5 Å². The average Bonchev–Trinajstić information content (AvgIpc) is 3.15. The van der Waals surface area contributed by atoms with Crippen LogP contribution in [0.5, 0.6) is 0 Å². The molecule has 1 aliphatic carbocycles. The van der Waals surface area contributed by atoms with Crippen molar-refractivity contribution < 1.29 is 0 Å². The molecule has 4 nitrogen and oxygen atoms in total. The Morgan fingerprint density at radius 1 is 1.22 bits per heavy atom. The van der Waals surface area contributed by atoms with Crippen LogP contribution in [0, 0.1) is 26.7 Å². The van der Waals surface area contributed by atoms with Crippen molar-refractivity contribution in [3.8, 4) is 5.00 Å². The third kappa shape index (κ3) is 2.43. The largest absolute Gasteiger partial charge is 0.271 e. The van der Waals surface area contributed by atoms with Crippen LogP contribution in [0.4, 0.5) is 0 Å². The van der Waals surface area contributed by atoms with Crippen LogP contribution in [0.3, 0.4) is 0 Å². The topological polar surface area (TPSA) is 43.1 Å². The van der Waals surface area contributed by atoms with E-state index < -0.39 is 0 Å². The van der Waals surface area contributed by atoms with Gasteiger partial charge in [0.2, 0.25) is 0 Å². The highest BCUT2D eigenvalue weighted by Gasteiger charge is 2.60. The molecule has 5 rings (SSSR count). The number of fused-ring (bicyclic) bond motifs is 4. The second-order valence-electron chi connectivity index (χ2n) is 7.32. The molecule has 3 aromatic rings. The number of halogens is 2. The van der Waals surface area contributed by atoms with Gasteiger partial charge in [-0.25, -0.2) is 0 Å². The van der Waals surface area contributed by atoms with Crippen molar-refractivity contribution in [1.29, 1.82) is 0 Å². The van der Waals surface area contributed by atoms with Crippen molar-refractivity contribution in [2.45, 2.75) is 32.7 Å². The number of aryl methyl sites for hydroxylation is 2. The Hall–Kier alpha value is -1.50. The summed E-state index contributed by atoms with van der Waals surface area (Å²) in [6.45, 7) is 6.38. The van der Waals surface area contributed by atoms with Gasteiger partial charge in [-0.05, 0) is 44.9 Å². The van der Waals surface area contributed by atoms with Gasteiger partial charge in [-0.1, -0.05) is 39.7 Å². The zero-order valence-corrected chi connectivity index (χ0v) is 18.4. The molecule has 7 heteroatoms. The van der Waals surface area contributed by atoms with E-state index in [-0.39, 0.29) is 5.54 Å². The van der Waals surface area contributed by atoms with Gasteiger partial charge in [0, 0.05) is 32.3 Å². The Bertz CT molecular complexity index is 1100. The fraction of sp³-hybridized carbons (Fsp3) is 0.350. The molecule has 1 aromatic carbocycles. The maximum Gasteiger partial charge on any atom is 0.166 e. The maximum absolute atomic E-state index is 6.14. The molecule has 0 saturated heterocycles. The van der Waals surface area contributed by atoms with Crippen molar-refractivity contribution in [2.75, 3.05) is 5.33 Å². The molecule has 138 valence electrons. The van der Waals surface area contributed by atoms with Crippen LogP contribution >= 0.6 is 38.9 Å². The van der Waals surface area contributed by atoms with E-state index in [1.54, 1.807) is 11.3 Å². The van der Waals surface area contributed by atoms with E-state index in [2.05, 4.69) is 56.7 Å². The molecule has 3 heterocycles. The van der Waals surface area contributed by atoms with Crippen molar-refractivity contribution in [3.63, 3.8) is 0 Å². The van der Waals surface area contributed by atoms with Crippen LogP contribution in [-0.4, -0.2) is 25.8 Å². The first kappa shape index (κ1) is 17.6. The summed E-state index contributed by atoms with van der Waals surface area (Å²) in [6.07, 6.45) is 0.987. The first-order valence-corrected chi connectivity index (χ1v) is 11.2. The van der Waals surface area contributed by atoms with Crippen molar-refractivity contribution in [2.24, 2.45) is 10.9 Å². The molecule has 2 atom stereocenters. The molecule has 2 aromatic heterocycles. The zero-order valence-electron chi connectivity index (χ0n) is 15.3. The number of thiophene rings is 1. The molecule has 0 radical (unpaired) electrons. The lowest BCUT2D eigenvalue weighted by Gasteiger charge is -2.12. The molecule has 1 fully saturated rings. The quantitative estimate of drug-likeness (QED) is 0.482. The number of benzene rings is 1. The monoisotopic (exact) mass is 460 g/mol. The smallest absolute Gasteiger partial charge is 0.166 e.